The molecule has 3 rings (SSSR count). The minimum Gasteiger partial charge on any atom is -0.327 e. The molecule has 86 valence electrons. The summed E-state index contributed by atoms with van der Waals surface area (Å²) in [6.45, 7) is 2.18. The topological polar surface area (TPSA) is 26.0 Å². The van der Waals surface area contributed by atoms with Gasteiger partial charge in [0.25, 0.3) is 0 Å². The molecule has 0 saturated heterocycles. The molecular formula is C14H19NS. The highest BCUT2D eigenvalue weighted by Gasteiger charge is 2.47. The molecule has 0 bridgehead atoms. The maximum Gasteiger partial charge on any atom is 0.0141 e. The first-order valence-electron chi connectivity index (χ1n) is 6.20. The molecule has 1 fully saturated rings. The van der Waals surface area contributed by atoms with Crippen molar-refractivity contribution in [3.63, 3.8) is 0 Å². The van der Waals surface area contributed by atoms with Gasteiger partial charge in [0.15, 0.2) is 0 Å². The number of hydrogen-bond acceptors (Lipinski definition) is 2. The van der Waals surface area contributed by atoms with Gasteiger partial charge in [0.2, 0.25) is 0 Å². The van der Waals surface area contributed by atoms with Gasteiger partial charge >= 0.3 is 0 Å². The average Bonchev–Trinajstić information content (AvgIpc) is 2.92. The normalized spacial score (nSPS) is 27.5. The number of thioether (sulfide) groups is 1. The van der Waals surface area contributed by atoms with Crippen LogP contribution in [0.15, 0.2) is 29.2 Å². The van der Waals surface area contributed by atoms with E-state index < -0.39 is 0 Å². The fraction of sp³-hybridized carbons (Fsp3) is 0.571. The summed E-state index contributed by atoms with van der Waals surface area (Å²) >= 11 is 2.06. The van der Waals surface area contributed by atoms with Crippen molar-refractivity contribution in [1.82, 2.24) is 0 Å². The van der Waals surface area contributed by atoms with Crippen molar-refractivity contribution in [1.29, 1.82) is 0 Å². The van der Waals surface area contributed by atoms with Crippen molar-refractivity contribution >= 4 is 11.8 Å². The zero-order valence-corrected chi connectivity index (χ0v) is 10.6. The van der Waals surface area contributed by atoms with E-state index in [4.69, 9.17) is 5.73 Å². The van der Waals surface area contributed by atoms with Crippen LogP contribution in [0.5, 0.6) is 0 Å². The molecule has 1 aromatic rings. The van der Waals surface area contributed by atoms with Crippen molar-refractivity contribution in [2.24, 2.45) is 11.1 Å². The molecule has 1 saturated carbocycles. The number of benzene rings is 1. The molecule has 1 heterocycles. The summed E-state index contributed by atoms with van der Waals surface area (Å²) in [7, 11) is 0. The van der Waals surface area contributed by atoms with Crippen LogP contribution in [0.4, 0.5) is 0 Å². The van der Waals surface area contributed by atoms with E-state index in [0.29, 0.717) is 11.5 Å². The van der Waals surface area contributed by atoms with Gasteiger partial charge in [0.1, 0.15) is 0 Å². The average molecular weight is 233 g/mol. The van der Waals surface area contributed by atoms with Gasteiger partial charge in [-0.2, -0.15) is 0 Å². The molecule has 1 aliphatic heterocycles. The molecule has 2 atom stereocenters. The molecule has 1 nitrogen and oxygen atoms in total. The summed E-state index contributed by atoms with van der Waals surface area (Å²) in [5.74, 6) is 0. The molecule has 0 amide bonds. The highest BCUT2D eigenvalue weighted by molar-refractivity contribution is 8.00. The third kappa shape index (κ3) is 1.78. The first-order valence-corrected chi connectivity index (χ1v) is 7.08. The lowest BCUT2D eigenvalue weighted by Gasteiger charge is -2.22. The van der Waals surface area contributed by atoms with Gasteiger partial charge in [-0.1, -0.05) is 18.2 Å². The second-order valence-electron chi connectivity index (χ2n) is 5.41. The van der Waals surface area contributed by atoms with E-state index in [9.17, 15) is 0 Å². The van der Waals surface area contributed by atoms with E-state index in [-0.39, 0.29) is 0 Å². The zero-order chi connectivity index (χ0) is 11.2. The van der Waals surface area contributed by atoms with Gasteiger partial charge in [0, 0.05) is 16.2 Å². The standard InChI is InChI=1S/C14H19NS/c1-10(15)14(6-7-14)9-12-8-11-4-2-3-5-13(11)16-12/h2-5,10,12H,6-9,15H2,1H3. The molecule has 0 radical (unpaired) electrons. The van der Waals surface area contributed by atoms with Crippen molar-refractivity contribution in [2.45, 2.75) is 48.8 Å². The van der Waals surface area contributed by atoms with Gasteiger partial charge in [-0.25, -0.2) is 0 Å². The third-order valence-electron chi connectivity index (χ3n) is 4.21. The van der Waals surface area contributed by atoms with Crippen LogP contribution >= 0.6 is 11.8 Å². The molecular weight excluding hydrogens is 214 g/mol. The Labute approximate surface area is 102 Å². The van der Waals surface area contributed by atoms with E-state index in [0.717, 1.165) is 5.25 Å². The predicted molar refractivity (Wildman–Crippen MR) is 69.7 cm³/mol. The lowest BCUT2D eigenvalue weighted by atomic mass is 9.91. The van der Waals surface area contributed by atoms with Gasteiger partial charge in [-0.05, 0) is 49.7 Å². The Balaban J connectivity index is 1.69. The third-order valence-corrected chi connectivity index (χ3v) is 5.53. The van der Waals surface area contributed by atoms with Crippen molar-refractivity contribution < 1.29 is 0 Å². The Morgan fingerprint density at radius 2 is 2.19 bits per heavy atom. The largest absolute Gasteiger partial charge is 0.327 e. The van der Waals surface area contributed by atoms with Crippen molar-refractivity contribution in [3.05, 3.63) is 29.8 Å². The maximum absolute atomic E-state index is 6.11. The first-order chi connectivity index (χ1) is 7.70. The van der Waals surface area contributed by atoms with Crippen LogP contribution in [-0.2, 0) is 6.42 Å². The van der Waals surface area contributed by atoms with Crippen LogP contribution < -0.4 is 5.73 Å². The van der Waals surface area contributed by atoms with E-state index in [1.807, 2.05) is 0 Å². The van der Waals surface area contributed by atoms with Crippen LogP contribution in [0.25, 0.3) is 0 Å². The first kappa shape index (κ1) is 10.7. The molecule has 2 aliphatic rings. The van der Waals surface area contributed by atoms with Gasteiger partial charge in [-0.3, -0.25) is 0 Å². The maximum atomic E-state index is 6.11. The quantitative estimate of drug-likeness (QED) is 0.867. The number of fused-ring (bicyclic) bond motifs is 1. The molecule has 2 unspecified atom stereocenters. The summed E-state index contributed by atoms with van der Waals surface area (Å²) in [6.07, 6.45) is 5.25. The molecule has 0 aromatic heterocycles. The van der Waals surface area contributed by atoms with E-state index in [1.165, 1.54) is 36.1 Å². The minimum atomic E-state index is 0.372. The molecule has 2 heteroatoms. The smallest absolute Gasteiger partial charge is 0.0141 e. The molecule has 1 aliphatic carbocycles. The zero-order valence-electron chi connectivity index (χ0n) is 9.78. The van der Waals surface area contributed by atoms with E-state index in [1.54, 1.807) is 0 Å². The van der Waals surface area contributed by atoms with Crippen molar-refractivity contribution in [2.75, 3.05) is 0 Å². The second-order valence-corrected chi connectivity index (χ2v) is 6.75. The van der Waals surface area contributed by atoms with E-state index in [2.05, 4.69) is 43.0 Å². The molecule has 1 aromatic carbocycles. The lowest BCUT2D eigenvalue weighted by molar-refractivity contribution is 0.385. The Morgan fingerprint density at radius 3 is 2.81 bits per heavy atom. The van der Waals surface area contributed by atoms with Crippen LogP contribution in [0.1, 0.15) is 31.7 Å². The van der Waals surface area contributed by atoms with Crippen LogP contribution in [0.3, 0.4) is 0 Å². The van der Waals surface area contributed by atoms with E-state index >= 15 is 0 Å². The van der Waals surface area contributed by atoms with Gasteiger partial charge in [0.05, 0.1) is 0 Å². The summed E-state index contributed by atoms with van der Waals surface area (Å²) in [5, 5.41) is 0.769. The summed E-state index contributed by atoms with van der Waals surface area (Å²) in [5.41, 5.74) is 8.13. The SMILES string of the molecule is CC(N)C1(CC2Cc3ccccc3S2)CC1. The molecule has 2 N–H and O–H groups in total. The van der Waals surface area contributed by atoms with Crippen molar-refractivity contribution in [3.8, 4) is 0 Å². The number of nitrogens with two attached hydrogens (primary N) is 1. The predicted octanol–water partition coefficient (Wildman–Crippen LogP) is 3.22. The highest BCUT2D eigenvalue weighted by atomic mass is 32.2. The summed E-state index contributed by atoms with van der Waals surface area (Å²) < 4.78 is 0. The highest BCUT2D eigenvalue weighted by Crippen LogP contribution is 2.55. The fourth-order valence-electron chi connectivity index (χ4n) is 2.83. The Kier molecular flexibility index (Phi) is 2.52. The Hall–Kier alpha value is -0.470. The Bertz CT molecular complexity index is 370. The molecule has 16 heavy (non-hydrogen) atoms. The summed E-state index contributed by atoms with van der Waals surface area (Å²) in [6, 6.07) is 9.20. The van der Waals surface area contributed by atoms with Crippen LogP contribution in [0.2, 0.25) is 0 Å². The fourth-order valence-corrected chi connectivity index (χ4v) is 4.32. The van der Waals surface area contributed by atoms with Crippen LogP contribution in [0, 0.1) is 5.41 Å². The van der Waals surface area contributed by atoms with Crippen LogP contribution in [-0.4, -0.2) is 11.3 Å². The Morgan fingerprint density at radius 1 is 1.44 bits per heavy atom. The number of rotatable bonds is 3. The monoisotopic (exact) mass is 233 g/mol. The lowest BCUT2D eigenvalue weighted by Crippen LogP contribution is -2.30. The minimum absolute atomic E-state index is 0.372. The second kappa shape index (κ2) is 3.78. The van der Waals surface area contributed by atoms with Gasteiger partial charge in [-0.15, -0.1) is 11.8 Å². The summed E-state index contributed by atoms with van der Waals surface area (Å²) in [4.78, 5) is 1.49. The number of hydrogen-bond donors (Lipinski definition) is 1. The van der Waals surface area contributed by atoms with Gasteiger partial charge < -0.3 is 5.73 Å². The molecule has 0 spiro atoms.